The van der Waals surface area contributed by atoms with Gasteiger partial charge in [0, 0.05) is 0 Å². The third-order valence-electron chi connectivity index (χ3n) is 1.22. The molecule has 0 radical (unpaired) electrons. The third-order valence-corrected chi connectivity index (χ3v) is 4.75. The summed E-state index contributed by atoms with van der Waals surface area (Å²) < 4.78 is -1.03. The first kappa shape index (κ1) is 10.4. The summed E-state index contributed by atoms with van der Waals surface area (Å²) in [5.41, 5.74) is 0. The molecule has 1 rings (SSSR count). The van der Waals surface area contributed by atoms with Gasteiger partial charge in [-0.2, -0.15) is 0 Å². The predicted octanol–water partition coefficient (Wildman–Crippen LogP) is 4.19. The molecule has 0 heterocycles. The molecule has 0 saturated carbocycles. The van der Waals surface area contributed by atoms with Gasteiger partial charge >= 0.3 is 0 Å². The van der Waals surface area contributed by atoms with E-state index in [0.29, 0.717) is 0 Å². The summed E-state index contributed by atoms with van der Waals surface area (Å²) in [5, 5.41) is 0.897. The van der Waals surface area contributed by atoms with E-state index < -0.39 is 4.62 Å². The average Bonchev–Trinajstić information content (AvgIpc) is 2.06. The molecule has 0 saturated heterocycles. The molecule has 0 aromatic rings. The van der Waals surface area contributed by atoms with Crippen LogP contribution in [0.25, 0.3) is 0 Å². The Morgan fingerprint density at radius 2 is 1.18 bits per heavy atom. The van der Waals surface area contributed by atoms with Crippen molar-refractivity contribution in [3.63, 3.8) is 0 Å². The van der Waals surface area contributed by atoms with E-state index in [4.69, 9.17) is 58.0 Å². The van der Waals surface area contributed by atoms with Gasteiger partial charge in [-0.05, 0) is 0 Å². The number of hydrogen-bond donors (Lipinski definition) is 0. The van der Waals surface area contributed by atoms with Crippen LogP contribution < -0.4 is 0 Å². The van der Waals surface area contributed by atoms with Crippen LogP contribution in [0.3, 0.4) is 0 Å². The minimum Gasteiger partial charge on any atom is -0.103 e. The second-order valence-electron chi connectivity index (χ2n) is 1.97. The van der Waals surface area contributed by atoms with Gasteiger partial charge in [0.25, 0.3) is 0 Å². The number of alkyl halides is 1. The van der Waals surface area contributed by atoms with Crippen molar-refractivity contribution in [1.29, 1.82) is 0 Å². The molecule has 0 aliphatic heterocycles. The van der Waals surface area contributed by atoms with Crippen LogP contribution >= 0.6 is 67.2 Å². The Morgan fingerprint density at radius 1 is 0.909 bits per heavy atom. The largest absolute Gasteiger partial charge is 0.132 e. The van der Waals surface area contributed by atoms with E-state index in [1.54, 1.807) is 0 Å². The molecule has 0 nitrogen and oxygen atoms in total. The van der Waals surface area contributed by atoms with Crippen molar-refractivity contribution >= 4 is 67.2 Å². The van der Waals surface area contributed by atoms with Gasteiger partial charge in [0.05, 0.1) is 20.1 Å². The first-order valence-corrected chi connectivity index (χ1v) is 4.95. The molecule has 0 amide bonds. The van der Waals surface area contributed by atoms with Crippen LogP contribution in [0.2, 0.25) is 0 Å². The zero-order valence-electron chi connectivity index (χ0n) is 4.97. The topological polar surface area (TPSA) is 0 Å². The second kappa shape index (κ2) is 3.25. The van der Waals surface area contributed by atoms with Gasteiger partial charge in [-0.25, -0.2) is 0 Å². The van der Waals surface area contributed by atoms with Crippen LogP contribution in [0.4, 0.5) is 0 Å². The summed E-state index contributed by atoms with van der Waals surface area (Å²) in [6.07, 6.45) is 0. The van der Waals surface area contributed by atoms with Gasteiger partial charge in [0.1, 0.15) is 4.62 Å². The molecular weight excluding hydrogens is 268 g/mol. The third kappa shape index (κ3) is 1.55. The highest BCUT2D eigenvalue weighted by molar-refractivity contribution is 7.25. The molecule has 0 fully saturated rings. The summed E-state index contributed by atoms with van der Waals surface area (Å²) in [7, 11) is 2.27. The molecule has 1 unspecified atom stereocenters. The van der Waals surface area contributed by atoms with E-state index in [0.717, 1.165) is 0 Å². The predicted molar refractivity (Wildman–Crippen MR) is 55.8 cm³/mol. The molecule has 0 aromatic heterocycles. The molecule has 1 atom stereocenters. The lowest BCUT2D eigenvalue weighted by molar-refractivity contribution is 1.27. The highest BCUT2D eigenvalue weighted by Crippen LogP contribution is 2.54. The lowest BCUT2D eigenvalue weighted by Crippen LogP contribution is -2.08. The van der Waals surface area contributed by atoms with Gasteiger partial charge in [-0.15, -0.1) is 20.8 Å². The number of hydrogen-bond acceptors (Lipinski definition) is 0. The second-order valence-corrected chi connectivity index (χ2v) is 5.31. The molecule has 0 spiro atoms. The Kier molecular flexibility index (Phi) is 3.09. The zero-order chi connectivity index (χ0) is 8.81. The number of allylic oxidation sites excluding steroid dienone is 4. The van der Waals surface area contributed by atoms with Gasteiger partial charge in [-0.1, -0.05) is 46.4 Å². The van der Waals surface area contributed by atoms with E-state index in [9.17, 15) is 0 Å². The summed E-state index contributed by atoms with van der Waals surface area (Å²) in [6.45, 7) is 0. The molecule has 11 heavy (non-hydrogen) atoms. The Balaban J connectivity index is 3.27. The maximum Gasteiger partial charge on any atom is 0.132 e. The highest BCUT2D eigenvalue weighted by Gasteiger charge is 2.40. The van der Waals surface area contributed by atoms with E-state index in [1.807, 2.05) is 0 Å². The fraction of sp³-hybridized carbons (Fsp3) is 0.200. The SMILES string of the molecule is PC1(Cl)C(Cl)=C(Cl)C(Cl)=C1Cl. The lowest BCUT2D eigenvalue weighted by Gasteiger charge is -2.14. The minimum absolute atomic E-state index is 0.211. The summed E-state index contributed by atoms with van der Waals surface area (Å²) in [4.78, 5) is 0. The molecular formula is C5H2Cl5P. The zero-order valence-corrected chi connectivity index (χ0v) is 9.90. The van der Waals surface area contributed by atoms with Gasteiger partial charge in [0.2, 0.25) is 0 Å². The van der Waals surface area contributed by atoms with Crippen molar-refractivity contribution in [2.45, 2.75) is 4.62 Å². The standard InChI is InChI=1S/C5H2Cl5P/c6-1-2(7)4(9)5(10,11)3(1)8/h11H2. The van der Waals surface area contributed by atoms with E-state index in [2.05, 4.69) is 9.24 Å². The van der Waals surface area contributed by atoms with Crippen molar-refractivity contribution in [3.05, 3.63) is 20.1 Å². The Bertz CT molecular complexity index is 238. The van der Waals surface area contributed by atoms with Crippen molar-refractivity contribution in [3.8, 4) is 0 Å². The first-order chi connectivity index (χ1) is 4.89. The number of halogens is 5. The average molecular weight is 270 g/mol. The van der Waals surface area contributed by atoms with E-state index in [-0.39, 0.29) is 20.1 Å². The van der Waals surface area contributed by atoms with Crippen LogP contribution in [-0.2, 0) is 0 Å². The Hall–Kier alpha value is 1.36. The maximum atomic E-state index is 5.87. The molecule has 0 bridgehead atoms. The molecule has 62 valence electrons. The minimum atomic E-state index is -1.03. The van der Waals surface area contributed by atoms with Gasteiger partial charge in [-0.3, -0.25) is 0 Å². The fourth-order valence-electron chi connectivity index (χ4n) is 0.608. The first-order valence-electron chi connectivity index (χ1n) is 2.48. The monoisotopic (exact) mass is 268 g/mol. The quantitative estimate of drug-likeness (QED) is 0.457. The molecule has 0 aromatic carbocycles. The number of rotatable bonds is 0. The summed E-state index contributed by atoms with van der Waals surface area (Å²) in [6, 6.07) is 0. The smallest absolute Gasteiger partial charge is 0.103 e. The highest BCUT2D eigenvalue weighted by atomic mass is 35.5. The molecule has 1 aliphatic rings. The van der Waals surface area contributed by atoms with Crippen LogP contribution in [0.15, 0.2) is 20.1 Å². The lowest BCUT2D eigenvalue weighted by atomic mass is 10.4. The van der Waals surface area contributed by atoms with Crippen LogP contribution in [0, 0.1) is 0 Å². The molecule has 1 aliphatic carbocycles. The summed E-state index contributed by atoms with van der Waals surface area (Å²) in [5.74, 6) is 0. The Morgan fingerprint density at radius 3 is 1.27 bits per heavy atom. The van der Waals surface area contributed by atoms with Crippen molar-refractivity contribution in [2.24, 2.45) is 0 Å². The Labute approximate surface area is 91.7 Å². The maximum absolute atomic E-state index is 5.87. The molecule has 0 N–H and O–H groups in total. The van der Waals surface area contributed by atoms with Crippen molar-refractivity contribution < 1.29 is 0 Å². The van der Waals surface area contributed by atoms with Gasteiger partial charge in [0.15, 0.2) is 0 Å². The van der Waals surface area contributed by atoms with Crippen molar-refractivity contribution in [2.75, 3.05) is 0 Å². The normalized spacial score (nSPS) is 23.5. The van der Waals surface area contributed by atoms with E-state index >= 15 is 0 Å². The van der Waals surface area contributed by atoms with Crippen LogP contribution in [0.5, 0.6) is 0 Å². The summed E-state index contributed by atoms with van der Waals surface area (Å²) >= 11 is 28.7. The van der Waals surface area contributed by atoms with Crippen LogP contribution in [-0.4, -0.2) is 4.62 Å². The fourth-order valence-corrected chi connectivity index (χ4v) is 2.38. The van der Waals surface area contributed by atoms with Crippen LogP contribution in [0.1, 0.15) is 0 Å². The van der Waals surface area contributed by atoms with Gasteiger partial charge < -0.3 is 0 Å². The van der Waals surface area contributed by atoms with Crippen molar-refractivity contribution in [1.82, 2.24) is 0 Å². The molecule has 6 heteroatoms. The van der Waals surface area contributed by atoms with E-state index in [1.165, 1.54) is 0 Å².